The van der Waals surface area contributed by atoms with Crippen molar-refractivity contribution in [1.82, 2.24) is 9.47 Å². The lowest BCUT2D eigenvalue weighted by atomic mass is 9.91. The second-order valence-corrected chi connectivity index (χ2v) is 12.8. The number of carbonyl (C=O) groups is 3. The number of aromatic nitrogens is 1. The summed E-state index contributed by atoms with van der Waals surface area (Å²) in [6.07, 6.45) is 17.4. The molecule has 3 aliphatic heterocycles. The number of piperidine rings is 1. The van der Waals surface area contributed by atoms with Gasteiger partial charge in [0.15, 0.2) is 11.6 Å². The number of hydrogen-bond donors (Lipinski definition) is 0. The fourth-order valence-corrected chi connectivity index (χ4v) is 8.03. The smallest absolute Gasteiger partial charge is 0.243 e. The van der Waals surface area contributed by atoms with Crippen molar-refractivity contribution < 1.29 is 14.4 Å². The van der Waals surface area contributed by atoms with Crippen molar-refractivity contribution in [2.75, 3.05) is 18.0 Å². The molecule has 1 aromatic carbocycles. The van der Waals surface area contributed by atoms with E-state index >= 15 is 0 Å². The van der Waals surface area contributed by atoms with Crippen molar-refractivity contribution in [3.63, 3.8) is 0 Å². The molecule has 2 aromatic rings. The number of hydrogen-bond acceptors (Lipinski definition) is 4. The summed E-state index contributed by atoms with van der Waals surface area (Å²) < 4.78 is 2.05. The van der Waals surface area contributed by atoms with Crippen LogP contribution < -0.4 is 4.90 Å². The molecule has 39 heavy (non-hydrogen) atoms. The zero-order valence-electron chi connectivity index (χ0n) is 24.0. The first-order valence-electron chi connectivity index (χ1n) is 15.7. The topological polar surface area (TPSA) is 62.6 Å². The Morgan fingerprint density at radius 2 is 1.67 bits per heavy atom. The highest BCUT2D eigenvalue weighted by Crippen LogP contribution is 2.62. The fourth-order valence-electron chi connectivity index (χ4n) is 8.03. The Kier molecular flexibility index (Phi) is 7.32. The summed E-state index contributed by atoms with van der Waals surface area (Å²) in [4.78, 5) is 44.4. The third-order valence-electron chi connectivity index (χ3n) is 10.2. The second kappa shape index (κ2) is 10.7. The van der Waals surface area contributed by atoms with Gasteiger partial charge in [-0.2, -0.15) is 0 Å². The Labute approximate surface area is 233 Å². The molecule has 0 spiro atoms. The van der Waals surface area contributed by atoms with E-state index < -0.39 is 0 Å². The molecule has 1 amide bonds. The van der Waals surface area contributed by atoms with Crippen molar-refractivity contribution >= 4 is 34.1 Å². The van der Waals surface area contributed by atoms with Gasteiger partial charge in [-0.15, -0.1) is 0 Å². The van der Waals surface area contributed by atoms with Crippen LogP contribution in [0.4, 0.5) is 5.69 Å². The Hall–Kier alpha value is -2.63. The van der Waals surface area contributed by atoms with Gasteiger partial charge in [0.25, 0.3) is 0 Å². The van der Waals surface area contributed by atoms with E-state index in [9.17, 15) is 14.4 Å². The van der Waals surface area contributed by atoms with Gasteiger partial charge in [-0.25, -0.2) is 0 Å². The SMILES string of the molecule is CCC(=O)[C@@H]1C[C@]23CCCCCCCCCc4cc(N5CCCC5)cc5c(C(C)=O)cn(c45)CC(=O)N1[C@@H]2C3. The van der Waals surface area contributed by atoms with Crippen LogP contribution in [-0.4, -0.2) is 52.1 Å². The summed E-state index contributed by atoms with van der Waals surface area (Å²) in [5.74, 6) is 0.276. The predicted octanol–water partition coefficient (Wildman–Crippen LogP) is 6.46. The third kappa shape index (κ3) is 4.93. The van der Waals surface area contributed by atoms with Gasteiger partial charge in [0.05, 0.1) is 11.6 Å². The first kappa shape index (κ1) is 26.6. The molecule has 6 heteroatoms. The molecule has 210 valence electrons. The lowest BCUT2D eigenvalue weighted by Gasteiger charge is -2.27. The average molecular weight is 532 g/mol. The van der Waals surface area contributed by atoms with E-state index in [2.05, 4.69) is 17.0 Å². The molecule has 0 radical (unpaired) electrons. The molecule has 1 aliphatic carbocycles. The lowest BCUT2D eigenvalue weighted by Crippen LogP contribution is -2.44. The van der Waals surface area contributed by atoms with E-state index in [1.807, 2.05) is 22.6 Å². The predicted molar refractivity (Wildman–Crippen MR) is 155 cm³/mol. The van der Waals surface area contributed by atoms with Gasteiger partial charge in [0, 0.05) is 48.4 Å². The highest BCUT2D eigenvalue weighted by Gasteiger charge is 2.65. The van der Waals surface area contributed by atoms with Crippen molar-refractivity contribution in [3.8, 4) is 0 Å². The minimum atomic E-state index is -0.282. The van der Waals surface area contributed by atoms with Crippen LogP contribution in [0.5, 0.6) is 0 Å². The van der Waals surface area contributed by atoms with Crippen LogP contribution in [0.3, 0.4) is 0 Å². The first-order chi connectivity index (χ1) is 18.9. The lowest BCUT2D eigenvalue weighted by molar-refractivity contribution is -0.139. The van der Waals surface area contributed by atoms with Gasteiger partial charge in [-0.3, -0.25) is 14.4 Å². The van der Waals surface area contributed by atoms with E-state index in [1.165, 1.54) is 62.6 Å². The van der Waals surface area contributed by atoms with E-state index in [1.54, 1.807) is 6.92 Å². The first-order valence-corrected chi connectivity index (χ1v) is 15.7. The van der Waals surface area contributed by atoms with Gasteiger partial charge in [-0.1, -0.05) is 45.4 Å². The summed E-state index contributed by atoms with van der Waals surface area (Å²) in [6, 6.07) is 4.44. The Morgan fingerprint density at radius 3 is 2.38 bits per heavy atom. The molecule has 1 aromatic heterocycles. The zero-order valence-corrected chi connectivity index (χ0v) is 24.0. The molecule has 0 N–H and O–H groups in total. The summed E-state index contributed by atoms with van der Waals surface area (Å²) >= 11 is 0. The summed E-state index contributed by atoms with van der Waals surface area (Å²) in [5, 5.41) is 0.982. The quantitative estimate of drug-likeness (QED) is 0.425. The van der Waals surface area contributed by atoms with E-state index in [-0.39, 0.29) is 41.5 Å². The number of Topliss-reactive ketones (excluding diaryl/α,β-unsaturated/α-hetero) is 2. The van der Waals surface area contributed by atoms with Crippen molar-refractivity contribution in [2.24, 2.45) is 5.41 Å². The van der Waals surface area contributed by atoms with Crippen LogP contribution >= 0.6 is 0 Å². The van der Waals surface area contributed by atoms with Gasteiger partial charge < -0.3 is 14.4 Å². The summed E-state index contributed by atoms with van der Waals surface area (Å²) in [5.41, 5.74) is 4.36. The van der Waals surface area contributed by atoms with E-state index in [4.69, 9.17) is 0 Å². The molecule has 6 nitrogen and oxygen atoms in total. The monoisotopic (exact) mass is 531 g/mol. The van der Waals surface area contributed by atoms with Crippen LogP contribution in [0.25, 0.3) is 10.9 Å². The molecule has 3 fully saturated rings. The Balaban J connectivity index is 1.41. The Bertz CT molecular complexity index is 1270. The Morgan fingerprint density at radius 1 is 0.949 bits per heavy atom. The number of anilines is 1. The van der Waals surface area contributed by atoms with Gasteiger partial charge in [-0.05, 0) is 75.0 Å². The minimum Gasteiger partial charge on any atom is -0.372 e. The summed E-state index contributed by atoms with van der Waals surface area (Å²) in [6.45, 7) is 5.87. The third-order valence-corrected chi connectivity index (χ3v) is 10.2. The maximum absolute atomic E-state index is 14.0. The van der Waals surface area contributed by atoms with Gasteiger partial charge >= 0.3 is 0 Å². The van der Waals surface area contributed by atoms with Gasteiger partial charge in [0.2, 0.25) is 5.91 Å². The fraction of sp³-hybridized carbons (Fsp3) is 0.667. The van der Waals surface area contributed by atoms with E-state index in [0.717, 1.165) is 56.1 Å². The average Bonchev–Trinajstić information content (AvgIpc) is 3.31. The number of ketones is 2. The number of rotatable bonds is 4. The molecular weight excluding hydrogens is 486 g/mol. The summed E-state index contributed by atoms with van der Waals surface area (Å²) in [7, 11) is 0. The van der Waals surface area contributed by atoms with Crippen LogP contribution in [0.1, 0.15) is 113 Å². The maximum atomic E-state index is 14.0. The van der Waals surface area contributed by atoms with Crippen molar-refractivity contribution in [3.05, 3.63) is 29.5 Å². The van der Waals surface area contributed by atoms with Crippen LogP contribution in [0, 0.1) is 5.41 Å². The standard InChI is InChI=1S/C33H45N3O3/c1-3-29(38)28-19-33-14-10-8-6-4-5-7-9-13-24-17-25(34-15-11-12-16-34)18-26-27(23(2)37)21-35(32(24)26)22-31(39)36(28)30(33)20-33/h17-18,21,28,30H,3-16,19-20,22H2,1-2H3/t28-,30+,33-/m0/s1. The number of aryl methyl sites for hydroxylation is 1. The van der Waals surface area contributed by atoms with E-state index in [0.29, 0.717) is 12.0 Å². The number of carbonyl (C=O) groups excluding carboxylic acids is 3. The largest absolute Gasteiger partial charge is 0.372 e. The molecule has 0 unspecified atom stereocenters. The molecule has 2 saturated heterocycles. The maximum Gasteiger partial charge on any atom is 0.243 e. The number of amides is 1. The van der Waals surface area contributed by atoms with Crippen molar-refractivity contribution in [1.29, 1.82) is 0 Å². The van der Waals surface area contributed by atoms with Crippen LogP contribution in [-0.2, 0) is 22.6 Å². The van der Waals surface area contributed by atoms with Crippen LogP contribution in [0.15, 0.2) is 18.3 Å². The highest BCUT2D eigenvalue weighted by atomic mass is 16.2. The normalized spacial score (nSPS) is 28.0. The zero-order chi connectivity index (χ0) is 27.1. The molecule has 2 bridgehead atoms. The van der Waals surface area contributed by atoms with Crippen LogP contribution in [0.2, 0.25) is 0 Å². The second-order valence-electron chi connectivity index (χ2n) is 12.8. The van der Waals surface area contributed by atoms with Gasteiger partial charge in [0.1, 0.15) is 6.54 Å². The highest BCUT2D eigenvalue weighted by molar-refractivity contribution is 6.09. The molecule has 6 rings (SSSR count). The molecular formula is C33H45N3O3. The minimum absolute atomic E-state index is 0.0389. The molecule has 4 aliphatic rings. The molecule has 1 saturated carbocycles. The molecule has 3 atom stereocenters. The number of nitrogens with zero attached hydrogens (tertiary/aromatic N) is 3. The van der Waals surface area contributed by atoms with Crippen molar-refractivity contribution in [2.45, 2.75) is 122 Å². The number of benzene rings is 1. The molecule has 4 heterocycles.